The van der Waals surface area contributed by atoms with Gasteiger partial charge < -0.3 is 14.2 Å². The molecule has 0 bridgehead atoms. The van der Waals surface area contributed by atoms with Gasteiger partial charge in [0.15, 0.2) is 17.3 Å². The fourth-order valence-corrected chi connectivity index (χ4v) is 2.48. The van der Waals surface area contributed by atoms with Crippen LogP contribution in [-0.4, -0.2) is 26.3 Å². The number of fused-ring (bicyclic) bond motifs is 1. The molecule has 23 heavy (non-hydrogen) atoms. The maximum atomic E-state index is 14.5. The Morgan fingerprint density at radius 3 is 2.22 bits per heavy atom. The predicted octanol–water partition coefficient (Wildman–Crippen LogP) is 4.07. The lowest BCUT2D eigenvalue weighted by Gasteiger charge is -2.11. The predicted molar refractivity (Wildman–Crippen MR) is 86.8 cm³/mol. The molecule has 5 heteroatoms. The van der Waals surface area contributed by atoms with E-state index in [1.165, 1.54) is 14.2 Å². The highest BCUT2D eigenvalue weighted by molar-refractivity contribution is 5.87. The molecule has 0 unspecified atom stereocenters. The fraction of sp³-hybridized carbons (Fsp3) is 0.167. The number of halogens is 1. The first-order valence-electron chi connectivity index (χ1n) is 7.02. The highest BCUT2D eigenvalue weighted by Crippen LogP contribution is 2.36. The summed E-state index contributed by atoms with van der Waals surface area (Å²) in [5, 5.41) is 0.647. The zero-order valence-corrected chi connectivity index (χ0v) is 13.1. The minimum atomic E-state index is -0.525. The summed E-state index contributed by atoms with van der Waals surface area (Å²) < 4.78 is 29.9. The lowest BCUT2D eigenvalue weighted by Crippen LogP contribution is -1.96. The zero-order valence-electron chi connectivity index (χ0n) is 13.1. The van der Waals surface area contributed by atoms with Crippen LogP contribution in [0.25, 0.3) is 22.0 Å². The van der Waals surface area contributed by atoms with Gasteiger partial charge in [0.05, 0.1) is 21.3 Å². The first-order valence-corrected chi connectivity index (χ1v) is 7.02. The molecule has 0 aliphatic carbocycles. The molecule has 0 saturated carbocycles. The molecule has 0 saturated heterocycles. The van der Waals surface area contributed by atoms with Gasteiger partial charge in [-0.15, -0.1) is 0 Å². The number of ether oxygens (including phenoxy) is 3. The molecule has 0 amide bonds. The molecule has 1 aromatic heterocycles. The molecule has 4 nitrogen and oxygen atoms in total. The molecule has 3 rings (SSSR count). The van der Waals surface area contributed by atoms with E-state index in [0.717, 1.165) is 16.9 Å². The molecule has 118 valence electrons. The van der Waals surface area contributed by atoms with Crippen molar-refractivity contribution in [1.29, 1.82) is 0 Å². The molecule has 0 spiro atoms. The van der Waals surface area contributed by atoms with Crippen molar-refractivity contribution >= 4 is 10.9 Å². The van der Waals surface area contributed by atoms with Gasteiger partial charge in [0.1, 0.15) is 11.3 Å². The molecule has 0 N–H and O–H groups in total. The lowest BCUT2D eigenvalue weighted by molar-refractivity contribution is 0.339. The summed E-state index contributed by atoms with van der Waals surface area (Å²) >= 11 is 0. The monoisotopic (exact) mass is 313 g/mol. The van der Waals surface area contributed by atoms with Gasteiger partial charge in [-0.2, -0.15) is 0 Å². The Labute approximate surface area is 133 Å². The SMILES string of the molecule is COc1ccc(-c2cnc3c(F)c(OC)c(OC)cc3c2)cc1. The Bertz CT molecular complexity index is 847. The second-order valence-corrected chi connectivity index (χ2v) is 4.95. The van der Waals surface area contributed by atoms with Crippen LogP contribution in [0.15, 0.2) is 42.6 Å². The topological polar surface area (TPSA) is 40.6 Å². The van der Waals surface area contributed by atoms with E-state index in [1.807, 2.05) is 30.3 Å². The number of pyridine rings is 1. The van der Waals surface area contributed by atoms with Crippen LogP contribution in [0.1, 0.15) is 0 Å². The van der Waals surface area contributed by atoms with Crippen LogP contribution in [0.3, 0.4) is 0 Å². The first-order chi connectivity index (χ1) is 11.2. The summed E-state index contributed by atoms with van der Waals surface area (Å²) in [4.78, 5) is 4.24. The number of rotatable bonds is 4. The summed E-state index contributed by atoms with van der Waals surface area (Å²) in [6, 6.07) is 11.2. The van der Waals surface area contributed by atoms with Gasteiger partial charge in [-0.3, -0.25) is 4.98 Å². The van der Waals surface area contributed by atoms with E-state index in [1.54, 1.807) is 19.4 Å². The molecule has 0 fully saturated rings. The Morgan fingerprint density at radius 2 is 1.61 bits per heavy atom. The molecule has 0 radical (unpaired) electrons. The lowest BCUT2D eigenvalue weighted by atomic mass is 10.0. The number of aromatic nitrogens is 1. The molecular formula is C18H16FNO3. The van der Waals surface area contributed by atoms with Crippen LogP contribution in [0.5, 0.6) is 17.2 Å². The Kier molecular flexibility index (Phi) is 4.02. The highest BCUT2D eigenvalue weighted by Gasteiger charge is 2.16. The second kappa shape index (κ2) is 6.12. The third-order valence-corrected chi connectivity index (χ3v) is 3.68. The van der Waals surface area contributed by atoms with Crippen molar-refractivity contribution in [2.45, 2.75) is 0 Å². The quantitative estimate of drug-likeness (QED) is 0.728. The molecule has 0 aliphatic heterocycles. The number of hydrogen-bond acceptors (Lipinski definition) is 4. The van der Waals surface area contributed by atoms with Crippen LogP contribution in [0.4, 0.5) is 4.39 Å². The van der Waals surface area contributed by atoms with Crippen molar-refractivity contribution in [2.24, 2.45) is 0 Å². The molecule has 3 aromatic rings. The summed E-state index contributed by atoms with van der Waals surface area (Å²) in [5.41, 5.74) is 2.10. The van der Waals surface area contributed by atoms with Crippen molar-refractivity contribution in [3.05, 3.63) is 48.4 Å². The van der Waals surface area contributed by atoms with Crippen LogP contribution >= 0.6 is 0 Å². The molecule has 1 heterocycles. The average molecular weight is 313 g/mol. The molecule has 2 aromatic carbocycles. The Hall–Kier alpha value is -2.82. The van der Waals surface area contributed by atoms with Crippen molar-refractivity contribution in [2.75, 3.05) is 21.3 Å². The van der Waals surface area contributed by atoms with E-state index < -0.39 is 5.82 Å². The standard InChI is InChI=1S/C18H16FNO3/c1-21-14-6-4-11(5-7-14)13-8-12-9-15(22-2)18(23-3)16(19)17(12)20-10-13/h4-10H,1-3H3. The summed E-state index contributed by atoms with van der Waals surface area (Å²) in [6.07, 6.45) is 1.64. The minimum Gasteiger partial charge on any atom is -0.497 e. The average Bonchev–Trinajstić information content (AvgIpc) is 2.61. The van der Waals surface area contributed by atoms with E-state index in [0.29, 0.717) is 11.1 Å². The van der Waals surface area contributed by atoms with Gasteiger partial charge in [-0.1, -0.05) is 12.1 Å². The van der Waals surface area contributed by atoms with Crippen LogP contribution in [-0.2, 0) is 0 Å². The first kappa shape index (κ1) is 15.1. The molecule has 0 atom stereocenters. The van der Waals surface area contributed by atoms with Crippen LogP contribution in [0, 0.1) is 5.82 Å². The molecular weight excluding hydrogens is 297 g/mol. The Balaban J connectivity index is 2.14. The normalized spacial score (nSPS) is 10.6. The smallest absolute Gasteiger partial charge is 0.199 e. The third kappa shape index (κ3) is 2.65. The van der Waals surface area contributed by atoms with Gasteiger partial charge in [0.25, 0.3) is 0 Å². The Morgan fingerprint density at radius 1 is 0.870 bits per heavy atom. The van der Waals surface area contributed by atoms with Gasteiger partial charge in [0, 0.05) is 17.1 Å². The maximum absolute atomic E-state index is 14.5. The van der Waals surface area contributed by atoms with E-state index in [4.69, 9.17) is 14.2 Å². The van der Waals surface area contributed by atoms with E-state index in [-0.39, 0.29) is 11.3 Å². The number of methoxy groups -OCH3 is 3. The highest BCUT2D eigenvalue weighted by atomic mass is 19.1. The van der Waals surface area contributed by atoms with Gasteiger partial charge >= 0.3 is 0 Å². The van der Waals surface area contributed by atoms with Crippen molar-refractivity contribution in [1.82, 2.24) is 4.98 Å². The minimum absolute atomic E-state index is 0.0599. The summed E-state index contributed by atoms with van der Waals surface area (Å²) in [6.45, 7) is 0. The third-order valence-electron chi connectivity index (χ3n) is 3.68. The van der Waals surface area contributed by atoms with Gasteiger partial charge in [-0.05, 0) is 29.8 Å². The van der Waals surface area contributed by atoms with Crippen molar-refractivity contribution in [3.8, 4) is 28.4 Å². The number of benzene rings is 2. The van der Waals surface area contributed by atoms with Crippen molar-refractivity contribution < 1.29 is 18.6 Å². The summed E-state index contributed by atoms with van der Waals surface area (Å²) in [5.74, 6) is 0.652. The maximum Gasteiger partial charge on any atom is 0.199 e. The zero-order chi connectivity index (χ0) is 16.4. The van der Waals surface area contributed by atoms with Crippen LogP contribution in [0.2, 0.25) is 0 Å². The van der Waals surface area contributed by atoms with E-state index in [9.17, 15) is 4.39 Å². The number of nitrogens with zero attached hydrogens (tertiary/aromatic N) is 1. The van der Waals surface area contributed by atoms with E-state index in [2.05, 4.69) is 4.98 Å². The van der Waals surface area contributed by atoms with E-state index >= 15 is 0 Å². The van der Waals surface area contributed by atoms with Crippen molar-refractivity contribution in [3.63, 3.8) is 0 Å². The second-order valence-electron chi connectivity index (χ2n) is 4.95. The number of hydrogen-bond donors (Lipinski definition) is 0. The largest absolute Gasteiger partial charge is 0.497 e. The van der Waals surface area contributed by atoms with Gasteiger partial charge in [0.2, 0.25) is 0 Å². The van der Waals surface area contributed by atoms with Gasteiger partial charge in [-0.25, -0.2) is 4.39 Å². The fourth-order valence-electron chi connectivity index (χ4n) is 2.48. The summed E-state index contributed by atoms with van der Waals surface area (Å²) in [7, 11) is 4.50. The van der Waals surface area contributed by atoms with Crippen LogP contribution < -0.4 is 14.2 Å². The molecule has 0 aliphatic rings.